The zero-order valence-corrected chi connectivity index (χ0v) is 17.4. The predicted octanol–water partition coefficient (Wildman–Crippen LogP) is 5.12. The van der Waals surface area contributed by atoms with E-state index in [-0.39, 0.29) is 12.5 Å². The molecule has 2 aromatic heterocycles. The van der Waals surface area contributed by atoms with Gasteiger partial charge in [-0.25, -0.2) is 0 Å². The topological polar surface area (TPSA) is 99.6 Å². The van der Waals surface area contributed by atoms with Crippen molar-refractivity contribution in [3.63, 3.8) is 0 Å². The van der Waals surface area contributed by atoms with Crippen LogP contribution in [-0.4, -0.2) is 23.2 Å². The molecule has 0 spiro atoms. The minimum Gasteiger partial charge on any atom is -0.495 e. The first-order chi connectivity index (χ1) is 15.6. The van der Waals surface area contributed by atoms with E-state index >= 15 is 0 Å². The summed E-state index contributed by atoms with van der Waals surface area (Å²) in [7, 11) is 1.57. The highest BCUT2D eigenvalue weighted by molar-refractivity contribution is 6.10. The van der Waals surface area contributed by atoms with Crippen LogP contribution in [-0.2, 0) is 6.61 Å². The molecule has 0 aliphatic rings. The van der Waals surface area contributed by atoms with Gasteiger partial charge in [-0.1, -0.05) is 23.4 Å². The van der Waals surface area contributed by atoms with Crippen molar-refractivity contribution in [1.82, 2.24) is 10.1 Å². The summed E-state index contributed by atoms with van der Waals surface area (Å²) in [4.78, 5) is 16.9. The highest BCUT2D eigenvalue weighted by Crippen LogP contribution is 2.36. The fourth-order valence-electron chi connectivity index (χ4n) is 3.46. The largest absolute Gasteiger partial charge is 0.495 e. The maximum atomic E-state index is 12.8. The number of rotatable bonds is 6. The third kappa shape index (κ3) is 3.74. The third-order valence-electron chi connectivity index (χ3n) is 5.00. The van der Waals surface area contributed by atoms with Gasteiger partial charge in [-0.15, -0.1) is 0 Å². The molecule has 160 valence electrons. The summed E-state index contributed by atoms with van der Waals surface area (Å²) in [5.41, 5.74) is 2.44. The summed E-state index contributed by atoms with van der Waals surface area (Å²) in [6.07, 6.45) is 0. The first-order valence-corrected chi connectivity index (χ1v) is 9.93. The highest BCUT2D eigenvalue weighted by atomic mass is 16.5. The molecule has 0 unspecified atom stereocenters. The molecule has 32 heavy (non-hydrogen) atoms. The van der Waals surface area contributed by atoms with E-state index in [0.717, 1.165) is 16.4 Å². The molecule has 0 atom stereocenters. The Morgan fingerprint density at radius 3 is 2.59 bits per heavy atom. The van der Waals surface area contributed by atoms with E-state index in [9.17, 15) is 4.79 Å². The number of nitrogens with one attached hydrogen (secondary N) is 1. The molecule has 0 saturated carbocycles. The highest BCUT2D eigenvalue weighted by Gasteiger charge is 2.15. The van der Waals surface area contributed by atoms with Crippen LogP contribution in [0.3, 0.4) is 0 Å². The van der Waals surface area contributed by atoms with Crippen molar-refractivity contribution < 1.29 is 23.2 Å². The van der Waals surface area contributed by atoms with E-state index in [0.29, 0.717) is 40.0 Å². The van der Waals surface area contributed by atoms with Crippen molar-refractivity contribution in [1.29, 1.82) is 0 Å². The second kappa shape index (κ2) is 8.07. The summed E-state index contributed by atoms with van der Waals surface area (Å²) < 4.78 is 22.0. The average molecular weight is 429 g/mol. The van der Waals surface area contributed by atoms with Crippen molar-refractivity contribution in [2.45, 2.75) is 13.5 Å². The van der Waals surface area contributed by atoms with Gasteiger partial charge in [-0.05, 0) is 36.4 Å². The number of anilines is 1. The van der Waals surface area contributed by atoms with Gasteiger partial charge in [0.2, 0.25) is 11.7 Å². The number of hydrogen-bond acceptors (Lipinski definition) is 7. The van der Waals surface area contributed by atoms with Crippen molar-refractivity contribution in [2.24, 2.45) is 0 Å². The molecule has 3 aromatic carbocycles. The smallest absolute Gasteiger partial charge is 0.255 e. The van der Waals surface area contributed by atoms with E-state index in [2.05, 4.69) is 15.5 Å². The molecule has 0 aliphatic carbocycles. The molecule has 0 radical (unpaired) electrons. The number of aryl methyl sites for hydroxylation is 1. The lowest BCUT2D eigenvalue weighted by atomic mass is 10.1. The lowest BCUT2D eigenvalue weighted by Gasteiger charge is -2.11. The molecule has 2 heterocycles. The van der Waals surface area contributed by atoms with Crippen LogP contribution >= 0.6 is 0 Å². The SMILES string of the molecule is COc1cc2c(cc1NC(=O)c1ccc(OCc3noc(C)n3)cc1)oc1ccccc12. The van der Waals surface area contributed by atoms with Crippen LogP contribution in [0.15, 0.2) is 69.6 Å². The Bertz CT molecular complexity index is 1420. The molecule has 0 fully saturated rings. The number of carbonyl (C=O) groups excluding carboxylic acids is 1. The molecule has 1 N–H and O–H groups in total. The Morgan fingerprint density at radius 2 is 1.84 bits per heavy atom. The van der Waals surface area contributed by atoms with Crippen molar-refractivity contribution in [3.05, 3.63) is 77.9 Å². The second-order valence-electron chi connectivity index (χ2n) is 7.14. The molecule has 0 bridgehead atoms. The number of aromatic nitrogens is 2. The van der Waals surface area contributed by atoms with E-state index in [1.807, 2.05) is 30.3 Å². The van der Waals surface area contributed by atoms with Crippen LogP contribution in [0.4, 0.5) is 5.69 Å². The Balaban J connectivity index is 1.34. The van der Waals surface area contributed by atoms with Gasteiger partial charge < -0.3 is 23.7 Å². The number of furan rings is 1. The normalized spacial score (nSPS) is 11.1. The van der Waals surface area contributed by atoms with E-state index in [1.165, 1.54) is 0 Å². The number of hydrogen-bond donors (Lipinski definition) is 1. The zero-order valence-electron chi connectivity index (χ0n) is 17.4. The number of carbonyl (C=O) groups is 1. The first kappa shape index (κ1) is 19.6. The van der Waals surface area contributed by atoms with E-state index in [4.69, 9.17) is 18.4 Å². The van der Waals surface area contributed by atoms with Crippen LogP contribution in [0.1, 0.15) is 22.1 Å². The molecule has 0 saturated heterocycles. The van der Waals surface area contributed by atoms with Crippen LogP contribution < -0.4 is 14.8 Å². The summed E-state index contributed by atoms with van der Waals surface area (Å²) in [5, 5.41) is 8.59. The van der Waals surface area contributed by atoms with Crippen LogP contribution in [0.2, 0.25) is 0 Å². The zero-order chi connectivity index (χ0) is 22.1. The van der Waals surface area contributed by atoms with Gasteiger partial charge in [-0.3, -0.25) is 4.79 Å². The van der Waals surface area contributed by atoms with Crippen LogP contribution in [0.25, 0.3) is 21.9 Å². The van der Waals surface area contributed by atoms with Gasteiger partial charge in [0, 0.05) is 29.3 Å². The molecule has 8 heteroatoms. The molecule has 8 nitrogen and oxygen atoms in total. The van der Waals surface area contributed by atoms with Crippen molar-refractivity contribution in [2.75, 3.05) is 12.4 Å². The van der Waals surface area contributed by atoms with Gasteiger partial charge in [0.15, 0.2) is 6.61 Å². The molecule has 1 amide bonds. The molecule has 5 rings (SSSR count). The van der Waals surface area contributed by atoms with E-state index < -0.39 is 0 Å². The number of ether oxygens (including phenoxy) is 2. The quantitative estimate of drug-likeness (QED) is 0.400. The van der Waals surface area contributed by atoms with Gasteiger partial charge >= 0.3 is 0 Å². The van der Waals surface area contributed by atoms with Gasteiger partial charge in [0.25, 0.3) is 5.91 Å². The Morgan fingerprint density at radius 1 is 1.03 bits per heavy atom. The Hall–Kier alpha value is -4.33. The summed E-state index contributed by atoms with van der Waals surface area (Å²) in [6.45, 7) is 1.89. The van der Waals surface area contributed by atoms with Gasteiger partial charge in [-0.2, -0.15) is 4.98 Å². The molecule has 5 aromatic rings. The summed E-state index contributed by atoms with van der Waals surface area (Å²) in [6, 6.07) is 18.2. The maximum absolute atomic E-state index is 12.8. The minimum atomic E-state index is -0.279. The number of methoxy groups -OCH3 is 1. The first-order valence-electron chi connectivity index (χ1n) is 9.93. The van der Waals surface area contributed by atoms with Gasteiger partial charge in [0.1, 0.15) is 22.7 Å². The van der Waals surface area contributed by atoms with E-state index in [1.54, 1.807) is 44.4 Å². The second-order valence-corrected chi connectivity index (χ2v) is 7.14. The lowest BCUT2D eigenvalue weighted by Crippen LogP contribution is -2.12. The fourth-order valence-corrected chi connectivity index (χ4v) is 3.46. The predicted molar refractivity (Wildman–Crippen MR) is 118 cm³/mol. The monoisotopic (exact) mass is 429 g/mol. The van der Waals surface area contributed by atoms with Crippen molar-refractivity contribution in [3.8, 4) is 11.5 Å². The lowest BCUT2D eigenvalue weighted by molar-refractivity contribution is 0.102. The van der Waals surface area contributed by atoms with Gasteiger partial charge in [0.05, 0.1) is 12.8 Å². The summed E-state index contributed by atoms with van der Waals surface area (Å²) >= 11 is 0. The average Bonchev–Trinajstić information content (AvgIpc) is 3.39. The van der Waals surface area contributed by atoms with Crippen LogP contribution in [0, 0.1) is 6.92 Å². The number of para-hydroxylation sites is 1. The Kier molecular flexibility index (Phi) is 4.95. The third-order valence-corrected chi connectivity index (χ3v) is 5.00. The molecular formula is C24H19N3O5. The maximum Gasteiger partial charge on any atom is 0.255 e. The van der Waals surface area contributed by atoms with Crippen molar-refractivity contribution >= 4 is 33.5 Å². The molecular weight excluding hydrogens is 410 g/mol. The standard InChI is InChI=1S/C24H19N3O5/c1-14-25-23(27-32-14)13-30-16-9-7-15(8-10-16)24(28)26-19-12-21-18(11-22(19)29-2)17-5-3-4-6-20(17)31-21/h3-12H,13H2,1-2H3,(H,26,28). The number of benzene rings is 3. The Labute approximate surface area is 182 Å². The minimum absolute atomic E-state index is 0.178. The van der Waals surface area contributed by atoms with Crippen LogP contribution in [0.5, 0.6) is 11.5 Å². The number of fused-ring (bicyclic) bond motifs is 3. The fraction of sp³-hybridized carbons (Fsp3) is 0.125. The number of nitrogens with zero attached hydrogens (tertiary/aromatic N) is 2. The molecule has 0 aliphatic heterocycles. The number of amides is 1. The summed E-state index contributed by atoms with van der Waals surface area (Å²) in [5.74, 6) is 1.79.